The molecule has 0 bridgehead atoms. The van der Waals surface area contributed by atoms with Crippen molar-refractivity contribution in [3.05, 3.63) is 18.0 Å². The zero-order chi connectivity index (χ0) is 12.4. The van der Waals surface area contributed by atoms with Crippen LogP contribution in [0.1, 0.15) is 12.2 Å². The third kappa shape index (κ3) is 2.44. The summed E-state index contributed by atoms with van der Waals surface area (Å²) >= 11 is 0. The van der Waals surface area contributed by atoms with Gasteiger partial charge >= 0.3 is 0 Å². The van der Waals surface area contributed by atoms with Crippen molar-refractivity contribution in [1.82, 2.24) is 25.2 Å². The second-order valence-electron chi connectivity index (χ2n) is 4.67. The molecule has 0 aromatic carbocycles. The number of nitrogens with one attached hydrogen (secondary N) is 2. The minimum Gasteiger partial charge on any atom is -0.384 e. The minimum atomic E-state index is 0.513. The van der Waals surface area contributed by atoms with Crippen molar-refractivity contribution in [2.45, 2.75) is 13.0 Å². The average Bonchev–Trinajstić information content (AvgIpc) is 2.57. The summed E-state index contributed by atoms with van der Waals surface area (Å²) in [5, 5.41) is 3.40. The van der Waals surface area contributed by atoms with Gasteiger partial charge in [0, 0.05) is 13.1 Å². The quantitative estimate of drug-likeness (QED) is 0.711. The van der Waals surface area contributed by atoms with Gasteiger partial charge in [0.15, 0.2) is 5.65 Å². The largest absolute Gasteiger partial charge is 0.384 e. The Bertz CT molecular complexity index is 526. The number of rotatable bonds is 2. The fourth-order valence-corrected chi connectivity index (χ4v) is 2.30. The van der Waals surface area contributed by atoms with Crippen LogP contribution in [0.2, 0.25) is 0 Å². The number of hydrogen-bond acceptors (Lipinski definition) is 5. The molecule has 0 spiro atoms. The first kappa shape index (κ1) is 11.4. The van der Waals surface area contributed by atoms with Crippen molar-refractivity contribution in [3.8, 4) is 0 Å². The Labute approximate surface area is 106 Å². The zero-order valence-electron chi connectivity index (χ0n) is 10.3. The van der Waals surface area contributed by atoms with Crippen LogP contribution in [0, 0.1) is 0 Å². The van der Waals surface area contributed by atoms with Crippen LogP contribution in [0.3, 0.4) is 0 Å². The van der Waals surface area contributed by atoms with Crippen molar-refractivity contribution in [3.63, 3.8) is 0 Å². The molecule has 0 unspecified atom stereocenters. The number of nitrogen functional groups attached to an aromatic ring is 1. The molecule has 0 atom stereocenters. The standard InChI is InChI=1S/C12H18N6/c13-10-3-2-9-12(16-10)17-11(15-9)8-18-6-1-4-14-5-7-18/h2-3,14H,1,4-8H2,(H3,13,15,16,17). The maximum absolute atomic E-state index is 5.65. The summed E-state index contributed by atoms with van der Waals surface area (Å²) in [7, 11) is 0. The van der Waals surface area contributed by atoms with Gasteiger partial charge in [-0.1, -0.05) is 0 Å². The number of pyridine rings is 1. The Morgan fingerprint density at radius 2 is 2.17 bits per heavy atom. The van der Waals surface area contributed by atoms with Crippen molar-refractivity contribution in [2.75, 3.05) is 31.9 Å². The maximum atomic E-state index is 5.65. The Kier molecular flexibility index (Phi) is 3.12. The molecule has 2 aromatic rings. The molecule has 6 nitrogen and oxygen atoms in total. The topological polar surface area (TPSA) is 82.9 Å². The van der Waals surface area contributed by atoms with Gasteiger partial charge in [0.05, 0.1) is 12.1 Å². The lowest BCUT2D eigenvalue weighted by molar-refractivity contribution is 0.278. The highest BCUT2D eigenvalue weighted by Gasteiger charge is 2.11. The van der Waals surface area contributed by atoms with E-state index in [1.165, 1.54) is 6.42 Å². The maximum Gasteiger partial charge on any atom is 0.179 e. The van der Waals surface area contributed by atoms with E-state index in [2.05, 4.69) is 25.2 Å². The Balaban J connectivity index is 1.77. The first-order valence-corrected chi connectivity index (χ1v) is 6.35. The predicted octanol–water partition coefficient (Wildman–Crippen LogP) is 0.335. The number of nitrogens with two attached hydrogens (primary N) is 1. The SMILES string of the molecule is Nc1ccc2[nH]c(CN3CCCNCC3)nc2n1. The van der Waals surface area contributed by atoms with E-state index in [1.54, 1.807) is 6.07 Å². The summed E-state index contributed by atoms with van der Waals surface area (Å²) in [6.07, 6.45) is 1.19. The van der Waals surface area contributed by atoms with E-state index in [1.807, 2.05) is 6.07 Å². The summed E-state index contributed by atoms with van der Waals surface area (Å²) in [6, 6.07) is 3.72. The molecule has 0 amide bonds. The van der Waals surface area contributed by atoms with Gasteiger partial charge < -0.3 is 16.0 Å². The van der Waals surface area contributed by atoms with E-state index in [0.29, 0.717) is 11.5 Å². The monoisotopic (exact) mass is 246 g/mol. The smallest absolute Gasteiger partial charge is 0.179 e. The van der Waals surface area contributed by atoms with Gasteiger partial charge in [-0.3, -0.25) is 4.90 Å². The van der Waals surface area contributed by atoms with Crippen molar-refractivity contribution >= 4 is 17.0 Å². The number of hydrogen-bond donors (Lipinski definition) is 3. The van der Waals surface area contributed by atoms with Gasteiger partial charge in [0.2, 0.25) is 0 Å². The summed E-state index contributed by atoms with van der Waals surface area (Å²) in [5.41, 5.74) is 7.31. The van der Waals surface area contributed by atoms with Crippen molar-refractivity contribution in [1.29, 1.82) is 0 Å². The second-order valence-corrected chi connectivity index (χ2v) is 4.67. The third-order valence-corrected chi connectivity index (χ3v) is 3.22. The number of anilines is 1. The van der Waals surface area contributed by atoms with Gasteiger partial charge in [0.25, 0.3) is 0 Å². The number of imidazole rings is 1. The van der Waals surface area contributed by atoms with Crippen LogP contribution in [0.15, 0.2) is 12.1 Å². The molecule has 4 N–H and O–H groups in total. The molecule has 1 aliphatic heterocycles. The molecule has 18 heavy (non-hydrogen) atoms. The van der Waals surface area contributed by atoms with E-state index >= 15 is 0 Å². The van der Waals surface area contributed by atoms with Gasteiger partial charge in [-0.05, 0) is 31.6 Å². The lowest BCUT2D eigenvalue weighted by atomic mass is 10.4. The lowest BCUT2D eigenvalue weighted by Gasteiger charge is -2.17. The first-order chi connectivity index (χ1) is 8.81. The third-order valence-electron chi connectivity index (χ3n) is 3.22. The highest BCUT2D eigenvalue weighted by atomic mass is 15.2. The Hall–Kier alpha value is -1.66. The van der Waals surface area contributed by atoms with Crippen molar-refractivity contribution in [2.24, 2.45) is 0 Å². The molecule has 96 valence electrons. The summed E-state index contributed by atoms with van der Waals surface area (Å²) < 4.78 is 0. The van der Waals surface area contributed by atoms with E-state index in [-0.39, 0.29) is 0 Å². The van der Waals surface area contributed by atoms with Crippen LogP contribution >= 0.6 is 0 Å². The molecule has 1 saturated heterocycles. The number of H-pyrrole nitrogens is 1. The van der Waals surface area contributed by atoms with Crippen LogP contribution in [-0.4, -0.2) is 46.0 Å². The van der Waals surface area contributed by atoms with Crippen LogP contribution in [0.4, 0.5) is 5.82 Å². The summed E-state index contributed by atoms with van der Waals surface area (Å²) in [6.45, 7) is 5.17. The van der Waals surface area contributed by atoms with Crippen LogP contribution in [0.25, 0.3) is 11.2 Å². The van der Waals surface area contributed by atoms with Crippen molar-refractivity contribution < 1.29 is 0 Å². The minimum absolute atomic E-state index is 0.513. The van der Waals surface area contributed by atoms with Gasteiger partial charge in [-0.2, -0.15) is 0 Å². The number of aromatic amines is 1. The number of nitrogens with zero attached hydrogens (tertiary/aromatic N) is 3. The summed E-state index contributed by atoms with van der Waals surface area (Å²) in [5.74, 6) is 1.48. The second kappa shape index (κ2) is 4.91. The lowest BCUT2D eigenvalue weighted by Crippen LogP contribution is -2.28. The molecular formula is C12H18N6. The predicted molar refractivity (Wildman–Crippen MR) is 71.1 cm³/mol. The molecule has 2 aromatic heterocycles. The molecule has 1 aliphatic rings. The molecule has 3 rings (SSSR count). The number of aromatic nitrogens is 3. The summed E-state index contributed by atoms with van der Waals surface area (Å²) in [4.78, 5) is 14.4. The van der Waals surface area contributed by atoms with E-state index < -0.39 is 0 Å². The molecule has 0 radical (unpaired) electrons. The van der Waals surface area contributed by atoms with Crippen LogP contribution in [-0.2, 0) is 6.54 Å². The normalized spacial score (nSPS) is 18.0. The van der Waals surface area contributed by atoms with Crippen LogP contribution < -0.4 is 11.1 Å². The molecule has 1 fully saturated rings. The highest BCUT2D eigenvalue weighted by molar-refractivity contribution is 5.72. The fourth-order valence-electron chi connectivity index (χ4n) is 2.30. The van der Waals surface area contributed by atoms with E-state index in [0.717, 1.165) is 44.1 Å². The fraction of sp³-hybridized carbons (Fsp3) is 0.500. The first-order valence-electron chi connectivity index (χ1n) is 6.35. The zero-order valence-corrected chi connectivity index (χ0v) is 10.3. The molecule has 0 aliphatic carbocycles. The molecule has 6 heteroatoms. The van der Waals surface area contributed by atoms with E-state index in [9.17, 15) is 0 Å². The molecular weight excluding hydrogens is 228 g/mol. The Morgan fingerprint density at radius 3 is 3.11 bits per heavy atom. The van der Waals surface area contributed by atoms with Crippen LogP contribution in [0.5, 0.6) is 0 Å². The van der Waals surface area contributed by atoms with Gasteiger partial charge in [-0.25, -0.2) is 9.97 Å². The van der Waals surface area contributed by atoms with Gasteiger partial charge in [0.1, 0.15) is 11.6 Å². The molecule has 3 heterocycles. The average molecular weight is 246 g/mol. The number of fused-ring (bicyclic) bond motifs is 1. The molecule has 0 saturated carbocycles. The van der Waals surface area contributed by atoms with E-state index in [4.69, 9.17) is 5.73 Å². The highest BCUT2D eigenvalue weighted by Crippen LogP contribution is 2.12. The Morgan fingerprint density at radius 1 is 1.22 bits per heavy atom. The van der Waals surface area contributed by atoms with Gasteiger partial charge in [-0.15, -0.1) is 0 Å².